The lowest BCUT2D eigenvalue weighted by Crippen LogP contribution is -2.06. The normalized spacial score (nSPS) is 11.8. The van der Waals surface area contributed by atoms with Gasteiger partial charge in [-0.15, -0.1) is 0 Å². The predicted molar refractivity (Wildman–Crippen MR) is 280 cm³/mol. The maximum absolute atomic E-state index is 5.14. The predicted octanol–water partition coefficient (Wildman–Crippen LogP) is 14.6. The van der Waals surface area contributed by atoms with E-state index < -0.39 is 0 Å². The molecule has 0 unspecified atom stereocenters. The third-order valence-corrected chi connectivity index (χ3v) is 13.4. The van der Waals surface area contributed by atoms with E-state index in [1.165, 1.54) is 10.8 Å². The van der Waals surface area contributed by atoms with E-state index in [2.05, 4.69) is 153 Å². The van der Waals surface area contributed by atoms with Crippen LogP contribution in [0.5, 0.6) is 0 Å². The van der Waals surface area contributed by atoms with Gasteiger partial charge in [0.2, 0.25) is 5.95 Å². The first-order valence-electron chi connectivity index (χ1n) is 23.1. The van der Waals surface area contributed by atoms with Crippen LogP contribution in [-0.2, 0) is 0 Å². The Kier molecular flexibility index (Phi) is 8.72. The topological polar surface area (TPSA) is 79.2 Å². The van der Waals surface area contributed by atoms with Gasteiger partial charge >= 0.3 is 0 Å². The van der Waals surface area contributed by atoms with Crippen LogP contribution in [-0.4, -0.2) is 38.6 Å². The molecule has 8 nitrogen and oxygen atoms in total. The highest BCUT2D eigenvalue weighted by molar-refractivity contribution is 6.13. The first kappa shape index (κ1) is 38.7. The number of para-hydroxylation sites is 3. The van der Waals surface area contributed by atoms with E-state index in [-0.39, 0.29) is 0 Å². The van der Waals surface area contributed by atoms with Crippen molar-refractivity contribution in [2.75, 3.05) is 0 Å². The summed E-state index contributed by atoms with van der Waals surface area (Å²) in [5.74, 6) is 1.81. The van der Waals surface area contributed by atoms with Crippen LogP contribution in [0.1, 0.15) is 0 Å². The number of fused-ring (bicyclic) bond motifs is 9. The highest BCUT2D eigenvalue weighted by Crippen LogP contribution is 2.40. The summed E-state index contributed by atoms with van der Waals surface area (Å²) in [6, 6.07) is 74.5. The van der Waals surface area contributed by atoms with Gasteiger partial charge in [0.25, 0.3) is 0 Å². The van der Waals surface area contributed by atoms with Crippen molar-refractivity contribution in [3.8, 4) is 62.4 Å². The van der Waals surface area contributed by atoms with Crippen molar-refractivity contribution in [2.45, 2.75) is 0 Å². The van der Waals surface area contributed by atoms with Gasteiger partial charge < -0.3 is 9.13 Å². The molecule has 0 amide bonds. The Morgan fingerprint density at radius 2 is 0.812 bits per heavy atom. The van der Waals surface area contributed by atoms with Gasteiger partial charge in [-0.2, -0.15) is 9.97 Å². The summed E-state index contributed by atoms with van der Waals surface area (Å²) in [4.78, 5) is 25.0. The van der Waals surface area contributed by atoms with Crippen LogP contribution >= 0.6 is 0 Å². The van der Waals surface area contributed by atoms with E-state index in [0.29, 0.717) is 17.6 Å². The first-order chi connectivity index (χ1) is 34.2. The summed E-state index contributed by atoms with van der Waals surface area (Å²) in [7, 11) is 0. The van der Waals surface area contributed by atoms with Gasteiger partial charge in [-0.1, -0.05) is 140 Å². The molecule has 0 radical (unpaired) electrons. The van der Waals surface area contributed by atoms with Gasteiger partial charge in [-0.05, 0) is 89.5 Å². The smallest absolute Gasteiger partial charge is 0.238 e. The minimum atomic E-state index is 0.568. The maximum Gasteiger partial charge on any atom is 0.238 e. The van der Waals surface area contributed by atoms with Crippen molar-refractivity contribution in [3.63, 3.8) is 0 Å². The molecule has 14 rings (SSSR count). The molecule has 6 aromatic heterocycles. The molecular weight excluding hydrogens is 845 g/mol. The van der Waals surface area contributed by atoms with Crippen molar-refractivity contribution in [2.24, 2.45) is 0 Å². The number of pyridine rings is 2. The zero-order valence-electron chi connectivity index (χ0n) is 37.0. The largest absolute Gasteiger partial charge is 0.308 e. The molecule has 0 saturated carbocycles. The number of hydrogen-bond donors (Lipinski definition) is 0. The average Bonchev–Trinajstić information content (AvgIpc) is 4.06. The van der Waals surface area contributed by atoms with Crippen molar-refractivity contribution >= 4 is 65.5 Å². The SMILES string of the molecule is c1ccc(-c2nc(-c3ccccc3)nc(-n3c4ccccc4c4cc(-c5ccc6c7ccccc7n(-c7cncc(-c8ccc9c(c8)c8ncccc8n9-c8ccccc8)c7)c6c5)ccc43)n2)cc1. The third-order valence-electron chi connectivity index (χ3n) is 13.4. The van der Waals surface area contributed by atoms with Crippen molar-refractivity contribution in [1.82, 2.24) is 38.6 Å². The van der Waals surface area contributed by atoms with Gasteiger partial charge in [0, 0.05) is 61.7 Å². The molecule has 0 saturated heterocycles. The quantitative estimate of drug-likeness (QED) is 0.159. The van der Waals surface area contributed by atoms with Gasteiger partial charge in [-0.25, -0.2) is 4.98 Å². The lowest BCUT2D eigenvalue weighted by Gasteiger charge is -2.12. The molecule has 0 bridgehead atoms. The second kappa shape index (κ2) is 15.5. The van der Waals surface area contributed by atoms with Crippen LogP contribution in [0.2, 0.25) is 0 Å². The molecule has 8 heteroatoms. The van der Waals surface area contributed by atoms with Gasteiger partial charge in [0.1, 0.15) is 0 Å². The van der Waals surface area contributed by atoms with Gasteiger partial charge in [0.05, 0.1) is 50.5 Å². The van der Waals surface area contributed by atoms with E-state index in [4.69, 9.17) is 24.9 Å². The van der Waals surface area contributed by atoms with E-state index in [0.717, 1.165) is 99.5 Å². The Hall–Kier alpha value is -9.53. The van der Waals surface area contributed by atoms with Crippen LogP contribution in [0.3, 0.4) is 0 Å². The summed E-state index contributed by atoms with van der Waals surface area (Å²) in [6.07, 6.45) is 5.80. The zero-order chi connectivity index (χ0) is 45.4. The molecular formula is C61H38N8. The van der Waals surface area contributed by atoms with E-state index in [9.17, 15) is 0 Å². The fourth-order valence-electron chi connectivity index (χ4n) is 10.3. The van der Waals surface area contributed by atoms with Crippen LogP contribution in [0.4, 0.5) is 0 Å². The lowest BCUT2D eigenvalue weighted by atomic mass is 10.0. The van der Waals surface area contributed by atoms with E-state index in [1.807, 2.05) is 91.4 Å². The van der Waals surface area contributed by atoms with Crippen molar-refractivity contribution in [3.05, 3.63) is 231 Å². The zero-order valence-corrected chi connectivity index (χ0v) is 37.0. The van der Waals surface area contributed by atoms with Crippen LogP contribution in [0.25, 0.3) is 128 Å². The number of aromatic nitrogens is 8. The van der Waals surface area contributed by atoms with E-state index in [1.54, 1.807) is 0 Å². The average molecular weight is 883 g/mol. The second-order valence-corrected chi connectivity index (χ2v) is 17.4. The summed E-state index contributed by atoms with van der Waals surface area (Å²) in [6.45, 7) is 0. The molecule has 322 valence electrons. The molecule has 0 atom stereocenters. The number of rotatable bonds is 7. The highest BCUT2D eigenvalue weighted by atomic mass is 15.2. The fourth-order valence-corrected chi connectivity index (χ4v) is 10.3. The maximum atomic E-state index is 5.14. The second-order valence-electron chi connectivity index (χ2n) is 17.4. The molecule has 69 heavy (non-hydrogen) atoms. The Balaban J connectivity index is 0.904. The molecule has 14 aromatic rings. The molecule has 0 aliphatic carbocycles. The number of hydrogen-bond acceptors (Lipinski definition) is 5. The number of benzene rings is 8. The highest BCUT2D eigenvalue weighted by Gasteiger charge is 2.20. The minimum absolute atomic E-state index is 0.568. The molecule has 0 aliphatic rings. The monoisotopic (exact) mass is 882 g/mol. The van der Waals surface area contributed by atoms with Crippen LogP contribution in [0, 0.1) is 0 Å². The lowest BCUT2D eigenvalue weighted by molar-refractivity contribution is 0.953. The summed E-state index contributed by atoms with van der Waals surface area (Å²) in [5.41, 5.74) is 15.7. The molecule has 6 heterocycles. The molecule has 0 spiro atoms. The standard InChI is InChI=1S/C61H38N8/c1-4-15-39(16-5-1)59-64-60(40-17-6-2-7-18-40)66-61(65-59)69-53-24-13-11-22-48(53)50-34-41(27-30-54(50)69)43-26-29-49-47-21-10-12-23-52(47)68(57(49)36-43)46-33-44(37-62-38-46)42-28-31-55-51(35-42)58-56(25-14-32-63-58)67(55)45-19-8-3-9-20-45/h1-38H. The van der Waals surface area contributed by atoms with Crippen molar-refractivity contribution in [1.29, 1.82) is 0 Å². The van der Waals surface area contributed by atoms with Crippen LogP contribution in [0.15, 0.2) is 231 Å². The fraction of sp³-hybridized carbons (Fsp3) is 0. The Morgan fingerprint density at radius 1 is 0.290 bits per heavy atom. The minimum Gasteiger partial charge on any atom is -0.308 e. The Bertz CT molecular complexity index is 4250. The summed E-state index contributed by atoms with van der Waals surface area (Å²) in [5, 5.41) is 5.70. The van der Waals surface area contributed by atoms with Gasteiger partial charge in [-0.3, -0.25) is 14.5 Å². The van der Waals surface area contributed by atoms with E-state index >= 15 is 0 Å². The third kappa shape index (κ3) is 6.27. The molecule has 0 N–H and O–H groups in total. The molecule has 8 aromatic carbocycles. The van der Waals surface area contributed by atoms with Crippen molar-refractivity contribution < 1.29 is 0 Å². The molecule has 0 fully saturated rings. The Labute approximate surface area is 395 Å². The molecule has 0 aliphatic heterocycles. The van der Waals surface area contributed by atoms with Crippen LogP contribution < -0.4 is 0 Å². The first-order valence-corrected chi connectivity index (χ1v) is 23.1. The summed E-state index contributed by atoms with van der Waals surface area (Å²) >= 11 is 0. The Morgan fingerprint density at radius 3 is 1.54 bits per heavy atom. The number of nitrogens with zero attached hydrogens (tertiary/aromatic N) is 8. The van der Waals surface area contributed by atoms with Gasteiger partial charge in [0.15, 0.2) is 11.6 Å². The summed E-state index contributed by atoms with van der Waals surface area (Å²) < 4.78 is 6.82.